The van der Waals surface area contributed by atoms with Gasteiger partial charge in [-0.15, -0.1) is 0 Å². The van der Waals surface area contributed by atoms with Crippen LogP contribution in [-0.2, 0) is 10.8 Å². The Kier molecular flexibility index (Phi) is 6.25. The van der Waals surface area contributed by atoms with E-state index in [9.17, 15) is 0 Å². The fourth-order valence-electron chi connectivity index (χ4n) is 10.6. The summed E-state index contributed by atoms with van der Waals surface area (Å²) in [7, 11) is 0. The minimum atomic E-state index is -0.607. The summed E-state index contributed by atoms with van der Waals surface area (Å²) < 4.78 is 7.25. The van der Waals surface area contributed by atoms with Crippen LogP contribution in [0.3, 0.4) is 0 Å². The molecule has 1 heteroatoms. The third-order valence-corrected chi connectivity index (χ3v) is 12.6. The first-order chi connectivity index (χ1) is 27.3. The summed E-state index contributed by atoms with van der Waals surface area (Å²) >= 11 is 0. The molecule has 1 atom stereocenters. The van der Waals surface area contributed by atoms with Crippen LogP contribution in [0.4, 0.5) is 0 Å². The van der Waals surface area contributed by atoms with E-state index in [2.05, 4.69) is 206 Å². The molecule has 12 rings (SSSR count). The van der Waals surface area contributed by atoms with Crippen LogP contribution in [0, 0.1) is 0 Å². The van der Waals surface area contributed by atoms with E-state index in [0.717, 1.165) is 22.6 Å². The van der Waals surface area contributed by atoms with Gasteiger partial charge in [-0.05, 0) is 78.0 Å². The fraction of sp³-hybridized carbons (Fsp3) is 0.0370. The number of para-hydroxylation sites is 2. The van der Waals surface area contributed by atoms with Crippen LogP contribution in [0.2, 0.25) is 0 Å². The van der Waals surface area contributed by atoms with Crippen molar-refractivity contribution in [1.29, 1.82) is 0 Å². The molecule has 0 N–H and O–H groups in total. The Bertz CT molecular complexity index is 2980. The standard InChI is InChI=1S/C54H34O/c1-2-18-36(19-3-1)53(44-26-10-8-23-40(44)42-34-33-35-17-4-5-20-37(35)51(42)53)45-27-11-9-24-41(45)43-25-16-31-49-52(43)55-50-32-15-14-30-48(50)54(49)46-28-12-6-21-38(46)39-22-7-13-29-47(39)54/h1-34H. The van der Waals surface area contributed by atoms with E-state index >= 15 is 0 Å². The van der Waals surface area contributed by atoms with E-state index in [0.29, 0.717) is 0 Å². The van der Waals surface area contributed by atoms with Gasteiger partial charge in [0.1, 0.15) is 11.5 Å². The molecule has 0 aromatic heterocycles. The van der Waals surface area contributed by atoms with Gasteiger partial charge in [-0.2, -0.15) is 0 Å². The molecule has 2 aliphatic carbocycles. The second-order valence-corrected chi connectivity index (χ2v) is 15.0. The first-order valence-corrected chi connectivity index (χ1v) is 19.2. The number of benzene rings is 9. The van der Waals surface area contributed by atoms with Crippen molar-refractivity contribution >= 4 is 10.8 Å². The number of fused-ring (bicyclic) bond motifs is 14. The van der Waals surface area contributed by atoms with Gasteiger partial charge < -0.3 is 4.74 Å². The number of hydrogen-bond acceptors (Lipinski definition) is 1. The predicted octanol–water partition coefficient (Wildman–Crippen LogP) is 13.3. The van der Waals surface area contributed by atoms with Crippen molar-refractivity contribution in [2.45, 2.75) is 10.8 Å². The molecule has 0 saturated heterocycles. The molecule has 1 nitrogen and oxygen atoms in total. The molecule has 9 aromatic rings. The first kappa shape index (κ1) is 30.5. The molecule has 0 amide bonds. The Morgan fingerprint density at radius 3 is 1.44 bits per heavy atom. The van der Waals surface area contributed by atoms with E-state index in [1.54, 1.807) is 0 Å². The molecule has 3 aliphatic rings. The molecule has 0 bridgehead atoms. The van der Waals surface area contributed by atoms with Crippen LogP contribution in [-0.4, -0.2) is 0 Å². The summed E-state index contributed by atoms with van der Waals surface area (Å²) in [4.78, 5) is 0. The minimum Gasteiger partial charge on any atom is -0.456 e. The Balaban J connectivity index is 1.21. The topological polar surface area (TPSA) is 9.23 Å². The van der Waals surface area contributed by atoms with Crippen LogP contribution < -0.4 is 4.74 Å². The lowest BCUT2D eigenvalue weighted by atomic mass is 9.64. The third-order valence-electron chi connectivity index (χ3n) is 12.6. The van der Waals surface area contributed by atoms with Gasteiger partial charge in [0.05, 0.1) is 10.8 Å². The summed E-state index contributed by atoms with van der Waals surface area (Å²) in [6, 6.07) is 76.2. The van der Waals surface area contributed by atoms with Crippen LogP contribution in [0.5, 0.6) is 11.5 Å². The molecule has 0 radical (unpaired) electrons. The SMILES string of the molecule is c1ccc(C2(c3ccccc3-c3cccc4c3Oc3ccccc3C43c4ccccc4-c4ccccc43)c3ccccc3-c3ccc4ccccc4c32)cc1. The Morgan fingerprint density at radius 2 is 0.764 bits per heavy atom. The predicted molar refractivity (Wildman–Crippen MR) is 224 cm³/mol. The van der Waals surface area contributed by atoms with Crippen molar-refractivity contribution in [2.24, 2.45) is 0 Å². The maximum Gasteiger partial charge on any atom is 0.140 e. The molecular formula is C54H34O. The van der Waals surface area contributed by atoms with Crippen molar-refractivity contribution in [2.75, 3.05) is 0 Å². The van der Waals surface area contributed by atoms with Gasteiger partial charge in [-0.1, -0.05) is 200 Å². The fourth-order valence-corrected chi connectivity index (χ4v) is 10.6. The molecule has 1 spiro atoms. The van der Waals surface area contributed by atoms with E-state index in [-0.39, 0.29) is 0 Å². The molecule has 1 aliphatic heterocycles. The van der Waals surface area contributed by atoms with Gasteiger partial charge in [0, 0.05) is 16.7 Å². The van der Waals surface area contributed by atoms with Gasteiger partial charge in [0.25, 0.3) is 0 Å². The van der Waals surface area contributed by atoms with Crippen LogP contribution in [0.1, 0.15) is 44.5 Å². The summed E-state index contributed by atoms with van der Waals surface area (Å²) in [6.45, 7) is 0. The maximum absolute atomic E-state index is 7.25. The molecule has 55 heavy (non-hydrogen) atoms. The van der Waals surface area contributed by atoms with Crippen molar-refractivity contribution in [3.63, 3.8) is 0 Å². The zero-order valence-electron chi connectivity index (χ0n) is 30.0. The highest BCUT2D eigenvalue weighted by atomic mass is 16.5. The van der Waals surface area contributed by atoms with Crippen molar-refractivity contribution in [3.8, 4) is 44.9 Å². The normalized spacial score (nSPS) is 16.4. The van der Waals surface area contributed by atoms with Crippen molar-refractivity contribution < 1.29 is 4.74 Å². The average Bonchev–Trinajstić information content (AvgIpc) is 3.73. The Morgan fingerprint density at radius 1 is 0.291 bits per heavy atom. The van der Waals surface area contributed by atoms with Gasteiger partial charge >= 0.3 is 0 Å². The summed E-state index contributed by atoms with van der Waals surface area (Å²) in [5, 5.41) is 2.51. The molecule has 9 aromatic carbocycles. The summed E-state index contributed by atoms with van der Waals surface area (Å²) in [6.07, 6.45) is 0. The number of ether oxygens (including phenoxy) is 1. The van der Waals surface area contributed by atoms with Gasteiger partial charge in [-0.25, -0.2) is 0 Å². The molecule has 1 heterocycles. The highest BCUT2D eigenvalue weighted by Gasteiger charge is 2.52. The molecule has 256 valence electrons. The molecule has 0 fully saturated rings. The van der Waals surface area contributed by atoms with Crippen molar-refractivity contribution in [3.05, 3.63) is 251 Å². The van der Waals surface area contributed by atoms with Gasteiger partial charge in [-0.3, -0.25) is 0 Å². The van der Waals surface area contributed by atoms with Gasteiger partial charge in [0.2, 0.25) is 0 Å². The van der Waals surface area contributed by atoms with E-state index < -0.39 is 10.8 Å². The largest absolute Gasteiger partial charge is 0.456 e. The summed E-state index contributed by atoms with van der Waals surface area (Å²) in [5.41, 5.74) is 16.3. The van der Waals surface area contributed by atoms with Crippen molar-refractivity contribution in [1.82, 2.24) is 0 Å². The zero-order chi connectivity index (χ0) is 36.1. The molecule has 0 saturated carbocycles. The second-order valence-electron chi connectivity index (χ2n) is 15.0. The quantitative estimate of drug-likeness (QED) is 0.178. The molecule has 1 unspecified atom stereocenters. The highest BCUT2D eigenvalue weighted by Crippen LogP contribution is 2.65. The lowest BCUT2D eigenvalue weighted by Crippen LogP contribution is -2.32. The monoisotopic (exact) mass is 698 g/mol. The lowest BCUT2D eigenvalue weighted by Gasteiger charge is -2.40. The van der Waals surface area contributed by atoms with Crippen LogP contribution in [0.15, 0.2) is 206 Å². The van der Waals surface area contributed by atoms with Crippen LogP contribution >= 0.6 is 0 Å². The average molecular weight is 699 g/mol. The van der Waals surface area contributed by atoms with E-state index in [4.69, 9.17) is 4.74 Å². The van der Waals surface area contributed by atoms with E-state index in [1.807, 2.05) is 0 Å². The maximum atomic E-state index is 7.25. The smallest absolute Gasteiger partial charge is 0.140 e. The minimum absolute atomic E-state index is 0.539. The van der Waals surface area contributed by atoms with E-state index in [1.165, 1.54) is 77.5 Å². The Hall–Kier alpha value is -6.96. The zero-order valence-corrected chi connectivity index (χ0v) is 30.0. The second kappa shape index (κ2) is 11.3. The molecular weight excluding hydrogens is 665 g/mol. The number of hydrogen-bond donors (Lipinski definition) is 0. The summed E-state index contributed by atoms with van der Waals surface area (Å²) in [5.74, 6) is 1.81. The van der Waals surface area contributed by atoms with Gasteiger partial charge in [0.15, 0.2) is 0 Å². The highest BCUT2D eigenvalue weighted by molar-refractivity contribution is 6.01. The number of rotatable bonds is 3. The van der Waals surface area contributed by atoms with Crippen LogP contribution in [0.25, 0.3) is 44.2 Å². The first-order valence-electron chi connectivity index (χ1n) is 19.2. The third kappa shape index (κ3) is 3.82. The lowest BCUT2D eigenvalue weighted by molar-refractivity contribution is 0.438. The Labute approximate surface area is 320 Å².